The number of benzene rings is 1. The van der Waals surface area contributed by atoms with Crippen LogP contribution in [0.15, 0.2) is 73.2 Å². The maximum Gasteiger partial charge on any atom is 0.246 e. The highest BCUT2D eigenvalue weighted by Crippen LogP contribution is 2.26. The summed E-state index contributed by atoms with van der Waals surface area (Å²) in [6, 6.07) is 16.4. The molecule has 0 unspecified atom stereocenters. The second-order valence-electron chi connectivity index (χ2n) is 7.84. The van der Waals surface area contributed by atoms with Gasteiger partial charge in [-0.05, 0) is 61.7 Å². The number of hydrogen-bond acceptors (Lipinski definition) is 3. The van der Waals surface area contributed by atoms with E-state index in [1.807, 2.05) is 41.9 Å². The third-order valence-corrected chi connectivity index (χ3v) is 5.39. The molecule has 4 aromatic rings. The molecule has 0 aliphatic carbocycles. The molecule has 0 saturated carbocycles. The number of hydrogen-bond donors (Lipinski definition) is 0. The van der Waals surface area contributed by atoms with Gasteiger partial charge in [0.25, 0.3) is 0 Å². The van der Waals surface area contributed by atoms with E-state index in [9.17, 15) is 4.79 Å². The van der Waals surface area contributed by atoms with Crippen LogP contribution >= 0.6 is 0 Å². The first-order valence-electron chi connectivity index (χ1n) is 10.4. The Bertz CT molecular complexity index is 1220. The van der Waals surface area contributed by atoms with Crippen molar-refractivity contribution in [3.8, 4) is 11.3 Å². The van der Waals surface area contributed by atoms with Gasteiger partial charge >= 0.3 is 0 Å². The van der Waals surface area contributed by atoms with Crippen LogP contribution in [0.1, 0.15) is 22.4 Å². The van der Waals surface area contributed by atoms with Gasteiger partial charge in [0, 0.05) is 43.8 Å². The first-order valence-corrected chi connectivity index (χ1v) is 10.4. The first-order chi connectivity index (χ1) is 15.0. The molecule has 0 radical (unpaired) electrons. The van der Waals surface area contributed by atoms with Crippen LogP contribution in [-0.2, 0) is 11.2 Å². The highest BCUT2D eigenvalue weighted by Gasteiger charge is 2.13. The number of nitrogens with zero attached hydrogens (tertiary/aromatic N) is 4. The van der Waals surface area contributed by atoms with Crippen LogP contribution in [0.5, 0.6) is 0 Å². The monoisotopic (exact) mass is 410 g/mol. The van der Waals surface area contributed by atoms with Gasteiger partial charge in [0.2, 0.25) is 5.91 Å². The Kier molecular flexibility index (Phi) is 5.94. The topological polar surface area (TPSA) is 50.5 Å². The van der Waals surface area contributed by atoms with Crippen LogP contribution in [0, 0.1) is 13.8 Å². The van der Waals surface area contributed by atoms with E-state index in [2.05, 4.69) is 49.2 Å². The molecule has 0 fully saturated rings. The quantitative estimate of drug-likeness (QED) is 0.432. The van der Waals surface area contributed by atoms with Crippen LogP contribution in [0.2, 0.25) is 0 Å². The average molecular weight is 411 g/mol. The van der Waals surface area contributed by atoms with E-state index in [1.54, 1.807) is 23.4 Å². The molecule has 0 aliphatic heterocycles. The molecule has 3 aromatic heterocycles. The Balaban J connectivity index is 1.60. The van der Waals surface area contributed by atoms with Crippen molar-refractivity contribution in [2.24, 2.45) is 0 Å². The highest BCUT2D eigenvalue weighted by atomic mass is 16.2. The van der Waals surface area contributed by atoms with Gasteiger partial charge in [0.1, 0.15) is 5.65 Å². The molecule has 156 valence electrons. The van der Waals surface area contributed by atoms with E-state index in [1.165, 1.54) is 5.56 Å². The molecule has 5 heteroatoms. The van der Waals surface area contributed by atoms with Crippen molar-refractivity contribution in [1.29, 1.82) is 0 Å². The second-order valence-corrected chi connectivity index (χ2v) is 7.84. The second kappa shape index (κ2) is 8.96. The minimum atomic E-state index is -0.0361. The first kappa shape index (κ1) is 20.5. The lowest BCUT2D eigenvalue weighted by Crippen LogP contribution is -2.27. The maximum atomic E-state index is 12.7. The molecule has 0 N–H and O–H groups in total. The predicted octanol–water partition coefficient (Wildman–Crippen LogP) is 4.73. The summed E-state index contributed by atoms with van der Waals surface area (Å²) in [5, 5.41) is 0. The van der Waals surface area contributed by atoms with Gasteiger partial charge in [0.15, 0.2) is 0 Å². The summed E-state index contributed by atoms with van der Waals surface area (Å²) in [6.07, 6.45) is 9.85. The fourth-order valence-electron chi connectivity index (χ4n) is 3.48. The number of carbonyl (C=O) groups is 1. The minimum absolute atomic E-state index is 0.0361. The summed E-state index contributed by atoms with van der Waals surface area (Å²) in [5.41, 5.74) is 7.18. The molecule has 0 atom stereocenters. The normalized spacial score (nSPS) is 11.3. The zero-order valence-electron chi connectivity index (χ0n) is 18.1. The van der Waals surface area contributed by atoms with E-state index in [4.69, 9.17) is 4.98 Å². The van der Waals surface area contributed by atoms with Crippen molar-refractivity contribution < 1.29 is 4.79 Å². The third kappa shape index (κ3) is 4.72. The van der Waals surface area contributed by atoms with Crippen LogP contribution in [0.3, 0.4) is 0 Å². The van der Waals surface area contributed by atoms with Gasteiger partial charge in [-0.15, -0.1) is 0 Å². The van der Waals surface area contributed by atoms with Crippen LogP contribution in [0.25, 0.3) is 23.0 Å². The third-order valence-electron chi connectivity index (χ3n) is 5.39. The van der Waals surface area contributed by atoms with Crippen molar-refractivity contribution in [2.75, 3.05) is 13.6 Å². The number of rotatable bonds is 6. The molecule has 31 heavy (non-hydrogen) atoms. The molecule has 5 nitrogen and oxygen atoms in total. The summed E-state index contributed by atoms with van der Waals surface area (Å²) in [6.45, 7) is 4.76. The Morgan fingerprint density at radius 1 is 1.03 bits per heavy atom. The Hall–Kier alpha value is -3.73. The zero-order valence-corrected chi connectivity index (χ0v) is 18.1. The van der Waals surface area contributed by atoms with E-state index in [0.717, 1.165) is 40.1 Å². The molecular weight excluding hydrogens is 384 g/mol. The smallest absolute Gasteiger partial charge is 0.246 e. The van der Waals surface area contributed by atoms with Gasteiger partial charge in [-0.2, -0.15) is 0 Å². The molecule has 0 bridgehead atoms. The van der Waals surface area contributed by atoms with E-state index in [0.29, 0.717) is 6.54 Å². The van der Waals surface area contributed by atoms with Crippen LogP contribution in [-0.4, -0.2) is 38.8 Å². The molecule has 0 spiro atoms. The summed E-state index contributed by atoms with van der Waals surface area (Å²) >= 11 is 0. The number of aromatic nitrogens is 3. The van der Waals surface area contributed by atoms with Gasteiger partial charge in [0.05, 0.1) is 11.4 Å². The Morgan fingerprint density at radius 3 is 2.52 bits per heavy atom. The number of carbonyl (C=O) groups excluding carboxylic acids is 1. The van der Waals surface area contributed by atoms with Gasteiger partial charge < -0.3 is 4.90 Å². The summed E-state index contributed by atoms with van der Waals surface area (Å²) < 4.78 is 2.03. The maximum absolute atomic E-state index is 12.7. The highest BCUT2D eigenvalue weighted by molar-refractivity contribution is 5.92. The number of amides is 1. The lowest BCUT2D eigenvalue weighted by atomic mass is 10.1. The standard InChI is InChI=1S/C26H26N4O/c1-19-4-6-22(7-5-19)26-23(30-17-12-20(2)18-24(30)28-26)8-9-25(31)29(3)16-13-21-10-14-27-15-11-21/h4-12,14-15,17-18H,13,16H2,1-3H3/b9-8+. The average Bonchev–Trinajstić information content (AvgIpc) is 3.14. The molecule has 0 saturated heterocycles. The number of fused-ring (bicyclic) bond motifs is 1. The SMILES string of the molecule is Cc1ccc(-c2nc3cc(C)ccn3c2/C=C/C(=O)N(C)CCc2ccncc2)cc1. The lowest BCUT2D eigenvalue weighted by Gasteiger charge is -2.15. The number of likely N-dealkylation sites (N-methyl/N-ethyl adjacent to an activating group) is 1. The zero-order chi connectivity index (χ0) is 21.8. The Labute approximate surface area is 182 Å². The van der Waals surface area contributed by atoms with Gasteiger partial charge in [-0.25, -0.2) is 4.98 Å². The fourth-order valence-corrected chi connectivity index (χ4v) is 3.48. The van der Waals surface area contributed by atoms with E-state index >= 15 is 0 Å². The predicted molar refractivity (Wildman–Crippen MR) is 125 cm³/mol. The van der Waals surface area contributed by atoms with E-state index in [-0.39, 0.29) is 5.91 Å². The fraction of sp³-hybridized carbons (Fsp3) is 0.192. The summed E-state index contributed by atoms with van der Waals surface area (Å²) in [5.74, 6) is -0.0361. The molecular formula is C26H26N4O. The van der Waals surface area contributed by atoms with Crippen molar-refractivity contribution in [1.82, 2.24) is 19.3 Å². The van der Waals surface area contributed by atoms with Crippen molar-refractivity contribution >= 4 is 17.6 Å². The van der Waals surface area contributed by atoms with Crippen molar-refractivity contribution in [3.63, 3.8) is 0 Å². The molecule has 4 rings (SSSR count). The molecule has 1 amide bonds. The molecule has 0 aliphatic rings. The largest absolute Gasteiger partial charge is 0.342 e. The number of aryl methyl sites for hydroxylation is 2. The summed E-state index contributed by atoms with van der Waals surface area (Å²) in [7, 11) is 1.83. The summed E-state index contributed by atoms with van der Waals surface area (Å²) in [4.78, 5) is 23.4. The lowest BCUT2D eigenvalue weighted by molar-refractivity contribution is -0.124. The van der Waals surface area contributed by atoms with Gasteiger partial charge in [-0.3, -0.25) is 14.2 Å². The Morgan fingerprint density at radius 2 is 1.77 bits per heavy atom. The van der Waals surface area contributed by atoms with Crippen molar-refractivity contribution in [3.05, 3.63) is 95.6 Å². The number of imidazole rings is 1. The van der Waals surface area contributed by atoms with Gasteiger partial charge in [-0.1, -0.05) is 29.8 Å². The molecule has 3 heterocycles. The van der Waals surface area contributed by atoms with Crippen LogP contribution in [0.4, 0.5) is 0 Å². The van der Waals surface area contributed by atoms with Crippen LogP contribution < -0.4 is 0 Å². The van der Waals surface area contributed by atoms with E-state index < -0.39 is 0 Å². The molecule has 1 aromatic carbocycles. The van der Waals surface area contributed by atoms with Crippen molar-refractivity contribution in [2.45, 2.75) is 20.3 Å². The number of pyridine rings is 2. The minimum Gasteiger partial charge on any atom is -0.342 e.